The number of aromatic amines is 1. The van der Waals surface area contributed by atoms with Gasteiger partial charge in [-0.15, -0.1) is 11.3 Å². The van der Waals surface area contributed by atoms with Crippen molar-refractivity contribution < 1.29 is 4.79 Å². The highest BCUT2D eigenvalue weighted by Crippen LogP contribution is 2.22. The molecular weight excluding hydrogens is 262 g/mol. The molecule has 2 aromatic heterocycles. The lowest BCUT2D eigenvalue weighted by molar-refractivity contribution is 0.244. The Hall–Kier alpha value is -1.86. The van der Waals surface area contributed by atoms with E-state index in [2.05, 4.69) is 31.8 Å². The molecule has 0 fully saturated rings. The highest BCUT2D eigenvalue weighted by atomic mass is 32.1. The summed E-state index contributed by atoms with van der Waals surface area (Å²) in [5.41, 5.74) is 0.648. The Morgan fingerprint density at radius 3 is 3.00 bits per heavy atom. The van der Waals surface area contributed by atoms with Gasteiger partial charge < -0.3 is 15.5 Å². The molecule has 0 radical (unpaired) electrons. The number of nitrogens with one attached hydrogen (secondary N) is 3. The molecular formula is C12H17N5OS. The number of carbonyl (C=O) groups excluding carboxylic acids is 1. The lowest BCUT2D eigenvalue weighted by Gasteiger charge is -2.23. The van der Waals surface area contributed by atoms with E-state index in [4.69, 9.17) is 0 Å². The quantitative estimate of drug-likeness (QED) is 0.782. The fraction of sp³-hybridized carbons (Fsp3) is 0.333. The van der Waals surface area contributed by atoms with E-state index in [0.717, 1.165) is 0 Å². The second-order valence-corrected chi connectivity index (χ2v) is 5.30. The zero-order valence-corrected chi connectivity index (χ0v) is 11.7. The molecule has 0 unspecified atom stereocenters. The number of rotatable bonds is 5. The molecule has 19 heavy (non-hydrogen) atoms. The topological polar surface area (TPSA) is 73.1 Å². The van der Waals surface area contributed by atoms with Crippen LogP contribution in [0.5, 0.6) is 0 Å². The number of likely N-dealkylation sites (N-methyl/N-ethyl adjacent to an activating group) is 1. The monoisotopic (exact) mass is 279 g/mol. The SMILES string of the molecule is CN(C)[C@H](CNC(=O)Nc1cn[nH]c1)c1cccs1. The smallest absolute Gasteiger partial charge is 0.319 e. The predicted octanol–water partition coefficient (Wildman–Crippen LogP) is 1.90. The van der Waals surface area contributed by atoms with Crippen LogP contribution in [0.4, 0.5) is 10.5 Å². The number of H-pyrrole nitrogens is 1. The molecule has 2 amide bonds. The van der Waals surface area contributed by atoms with Crippen molar-refractivity contribution in [3.05, 3.63) is 34.8 Å². The third kappa shape index (κ3) is 3.80. The van der Waals surface area contributed by atoms with Crippen LogP contribution >= 0.6 is 11.3 Å². The molecule has 0 saturated heterocycles. The van der Waals surface area contributed by atoms with Crippen molar-refractivity contribution in [2.75, 3.05) is 26.0 Å². The van der Waals surface area contributed by atoms with Gasteiger partial charge in [-0.05, 0) is 25.5 Å². The van der Waals surface area contributed by atoms with Gasteiger partial charge in [-0.2, -0.15) is 5.10 Å². The van der Waals surface area contributed by atoms with Gasteiger partial charge in [0.25, 0.3) is 0 Å². The number of aromatic nitrogens is 2. The summed E-state index contributed by atoms with van der Waals surface area (Å²) in [7, 11) is 4.00. The number of thiophene rings is 1. The van der Waals surface area contributed by atoms with Crippen LogP contribution < -0.4 is 10.6 Å². The number of urea groups is 1. The van der Waals surface area contributed by atoms with Crippen molar-refractivity contribution in [3.8, 4) is 0 Å². The van der Waals surface area contributed by atoms with Gasteiger partial charge in [-0.3, -0.25) is 5.10 Å². The second kappa shape index (κ2) is 6.35. The first-order chi connectivity index (χ1) is 9.16. The zero-order chi connectivity index (χ0) is 13.7. The molecule has 0 bridgehead atoms. The van der Waals surface area contributed by atoms with E-state index in [1.54, 1.807) is 23.7 Å². The molecule has 2 rings (SSSR count). The van der Waals surface area contributed by atoms with Crippen LogP contribution in [0.2, 0.25) is 0 Å². The molecule has 0 aliphatic carbocycles. The summed E-state index contributed by atoms with van der Waals surface area (Å²) in [4.78, 5) is 15.0. The Morgan fingerprint density at radius 1 is 1.58 bits per heavy atom. The lowest BCUT2D eigenvalue weighted by atomic mass is 10.2. The number of hydrogen-bond donors (Lipinski definition) is 3. The Kier molecular flexibility index (Phi) is 4.53. The maximum atomic E-state index is 11.7. The van der Waals surface area contributed by atoms with E-state index in [0.29, 0.717) is 12.2 Å². The first-order valence-electron chi connectivity index (χ1n) is 5.90. The van der Waals surface area contributed by atoms with Gasteiger partial charge in [-0.25, -0.2) is 4.79 Å². The molecule has 0 spiro atoms. The van der Waals surface area contributed by atoms with E-state index >= 15 is 0 Å². The summed E-state index contributed by atoms with van der Waals surface area (Å²) in [5, 5.41) is 14.0. The largest absolute Gasteiger partial charge is 0.336 e. The number of carbonyl (C=O) groups is 1. The van der Waals surface area contributed by atoms with E-state index < -0.39 is 0 Å². The van der Waals surface area contributed by atoms with Crippen LogP contribution in [0.3, 0.4) is 0 Å². The van der Waals surface area contributed by atoms with E-state index in [1.165, 1.54) is 4.88 Å². The summed E-state index contributed by atoms with van der Waals surface area (Å²) in [5.74, 6) is 0. The van der Waals surface area contributed by atoms with Crippen molar-refractivity contribution >= 4 is 23.1 Å². The molecule has 0 aliphatic rings. The highest BCUT2D eigenvalue weighted by Gasteiger charge is 2.16. The Morgan fingerprint density at radius 2 is 2.42 bits per heavy atom. The number of hydrogen-bond acceptors (Lipinski definition) is 4. The summed E-state index contributed by atoms with van der Waals surface area (Å²) < 4.78 is 0. The Balaban J connectivity index is 1.87. The minimum atomic E-state index is -0.232. The van der Waals surface area contributed by atoms with Gasteiger partial charge in [-0.1, -0.05) is 6.07 Å². The minimum absolute atomic E-state index is 0.176. The molecule has 0 saturated carbocycles. The van der Waals surface area contributed by atoms with Crippen LogP contribution in [0, 0.1) is 0 Å². The predicted molar refractivity (Wildman–Crippen MR) is 76.4 cm³/mol. The number of anilines is 1. The van der Waals surface area contributed by atoms with Crippen molar-refractivity contribution in [1.82, 2.24) is 20.4 Å². The average Bonchev–Trinajstić information content (AvgIpc) is 3.01. The molecule has 102 valence electrons. The maximum Gasteiger partial charge on any atom is 0.319 e. The average molecular weight is 279 g/mol. The third-order valence-electron chi connectivity index (χ3n) is 2.71. The van der Waals surface area contributed by atoms with Gasteiger partial charge in [0.1, 0.15) is 0 Å². The highest BCUT2D eigenvalue weighted by molar-refractivity contribution is 7.10. The third-order valence-corrected chi connectivity index (χ3v) is 3.68. The van der Waals surface area contributed by atoms with E-state index in [-0.39, 0.29) is 12.1 Å². The molecule has 0 aliphatic heterocycles. The summed E-state index contributed by atoms with van der Waals surface area (Å²) in [6, 6.07) is 4.03. The van der Waals surface area contributed by atoms with Gasteiger partial charge >= 0.3 is 6.03 Å². The summed E-state index contributed by atoms with van der Waals surface area (Å²) in [6.07, 6.45) is 3.19. The standard InChI is InChI=1S/C12H17N5OS/c1-17(2)10(11-4-3-5-19-11)8-13-12(18)16-9-6-14-15-7-9/h3-7,10H,8H2,1-2H3,(H,14,15)(H2,13,16,18)/t10-/m1/s1. The normalized spacial score (nSPS) is 12.4. The summed E-state index contributed by atoms with van der Waals surface area (Å²) in [6.45, 7) is 0.553. The van der Waals surface area contributed by atoms with Crippen LogP contribution in [0.15, 0.2) is 29.9 Å². The van der Waals surface area contributed by atoms with Crippen LogP contribution in [0.1, 0.15) is 10.9 Å². The molecule has 6 nitrogen and oxygen atoms in total. The van der Waals surface area contributed by atoms with Gasteiger partial charge in [0.2, 0.25) is 0 Å². The minimum Gasteiger partial charge on any atom is -0.336 e. The van der Waals surface area contributed by atoms with Gasteiger partial charge in [0.15, 0.2) is 0 Å². The Labute approximate surface area is 115 Å². The van der Waals surface area contributed by atoms with E-state index in [9.17, 15) is 4.79 Å². The first-order valence-corrected chi connectivity index (χ1v) is 6.78. The fourth-order valence-electron chi connectivity index (χ4n) is 1.70. The maximum absolute atomic E-state index is 11.7. The van der Waals surface area contributed by atoms with E-state index in [1.807, 2.05) is 25.5 Å². The number of amides is 2. The summed E-state index contributed by atoms with van der Waals surface area (Å²) >= 11 is 1.69. The van der Waals surface area contributed by atoms with Crippen LogP contribution in [-0.2, 0) is 0 Å². The van der Waals surface area contributed by atoms with Crippen molar-refractivity contribution in [3.63, 3.8) is 0 Å². The fourth-order valence-corrected chi connectivity index (χ4v) is 2.63. The number of nitrogens with zero attached hydrogens (tertiary/aromatic N) is 2. The van der Waals surface area contributed by atoms with Crippen molar-refractivity contribution in [1.29, 1.82) is 0 Å². The first kappa shape index (κ1) is 13.6. The lowest BCUT2D eigenvalue weighted by Crippen LogP contribution is -2.36. The molecule has 3 N–H and O–H groups in total. The Bertz CT molecular complexity index is 494. The van der Waals surface area contributed by atoms with Gasteiger partial charge in [0.05, 0.1) is 17.9 Å². The van der Waals surface area contributed by atoms with Crippen LogP contribution in [0.25, 0.3) is 0 Å². The molecule has 2 heterocycles. The zero-order valence-electron chi connectivity index (χ0n) is 10.9. The van der Waals surface area contributed by atoms with Gasteiger partial charge in [0, 0.05) is 17.6 Å². The molecule has 1 atom stereocenters. The van der Waals surface area contributed by atoms with Crippen molar-refractivity contribution in [2.45, 2.75) is 6.04 Å². The van der Waals surface area contributed by atoms with Crippen molar-refractivity contribution in [2.24, 2.45) is 0 Å². The molecule has 7 heteroatoms. The molecule has 2 aromatic rings. The van der Waals surface area contributed by atoms with Crippen LogP contribution in [-0.4, -0.2) is 41.8 Å². The molecule has 0 aromatic carbocycles. The second-order valence-electron chi connectivity index (χ2n) is 4.32.